The van der Waals surface area contributed by atoms with Gasteiger partial charge in [0.1, 0.15) is 0 Å². The summed E-state index contributed by atoms with van der Waals surface area (Å²) in [5.74, 6) is 1.37. The molecule has 0 aromatic carbocycles. The summed E-state index contributed by atoms with van der Waals surface area (Å²) in [7, 11) is 4.17. The zero-order chi connectivity index (χ0) is 36.9. The van der Waals surface area contributed by atoms with Crippen LogP contribution in [0, 0.1) is 5.92 Å². The van der Waals surface area contributed by atoms with E-state index in [-0.39, 0.29) is 11.2 Å². The van der Waals surface area contributed by atoms with Gasteiger partial charge in [0.05, 0.1) is 6.61 Å². The molecule has 0 fully saturated rings. The van der Waals surface area contributed by atoms with Crippen LogP contribution in [0.25, 0.3) is 0 Å². The van der Waals surface area contributed by atoms with Gasteiger partial charge < -0.3 is 14.5 Å². The molecule has 0 aromatic heterocycles. The topological polar surface area (TPSA) is 49.9 Å². The van der Waals surface area contributed by atoms with Crippen LogP contribution in [0.15, 0.2) is 0 Å². The van der Waals surface area contributed by atoms with Crippen LogP contribution in [0.3, 0.4) is 0 Å². The van der Waals surface area contributed by atoms with E-state index in [0.717, 1.165) is 57.4 Å². The summed E-state index contributed by atoms with van der Waals surface area (Å²) in [6, 6.07) is 0.390. The molecule has 0 aromatic rings. The van der Waals surface area contributed by atoms with Crippen LogP contribution >= 0.6 is 11.8 Å². The number of esters is 1. The first kappa shape index (κ1) is 49.2. The number of thioether (sulfide) groups is 1. The van der Waals surface area contributed by atoms with E-state index in [9.17, 15) is 9.59 Å². The maximum atomic E-state index is 13.2. The summed E-state index contributed by atoms with van der Waals surface area (Å²) in [4.78, 5) is 30.1. The van der Waals surface area contributed by atoms with Gasteiger partial charge >= 0.3 is 5.97 Å². The molecular formula is C44H88N2O3S. The van der Waals surface area contributed by atoms with Crippen molar-refractivity contribution in [2.75, 3.05) is 39.5 Å². The van der Waals surface area contributed by atoms with E-state index in [1.807, 2.05) is 0 Å². The van der Waals surface area contributed by atoms with Crippen molar-refractivity contribution in [2.24, 2.45) is 5.92 Å². The maximum absolute atomic E-state index is 13.2. The van der Waals surface area contributed by atoms with Gasteiger partial charge in [-0.3, -0.25) is 9.59 Å². The molecule has 0 heterocycles. The standard InChI is InChI=1S/C44H88N2O3S/c1-7-10-13-16-17-18-19-20-21-22-27-32-37-46(44(48)50-40-41(4)45(5)6)38-33-28-23-26-31-36-43(47)49-39-42(34-29-24-14-11-8-2)35-30-25-15-12-9-3/h41-42H,7-40H2,1-6H3. The highest BCUT2D eigenvalue weighted by Gasteiger charge is 2.16. The predicted molar refractivity (Wildman–Crippen MR) is 223 cm³/mol. The number of carbonyl (C=O) groups excluding carboxylic acids is 2. The molecule has 0 radical (unpaired) electrons. The number of rotatable bonds is 38. The van der Waals surface area contributed by atoms with Gasteiger partial charge in [-0.2, -0.15) is 0 Å². The Balaban J connectivity index is 4.34. The van der Waals surface area contributed by atoms with Crippen LogP contribution < -0.4 is 0 Å². The second kappa shape index (κ2) is 38.0. The van der Waals surface area contributed by atoms with Gasteiger partial charge in [0, 0.05) is 31.3 Å². The van der Waals surface area contributed by atoms with Crippen molar-refractivity contribution in [1.29, 1.82) is 0 Å². The molecule has 0 bridgehead atoms. The summed E-state index contributed by atoms with van der Waals surface area (Å²) < 4.78 is 5.81. The molecule has 1 atom stereocenters. The normalized spacial score (nSPS) is 12.2. The number of carbonyl (C=O) groups is 2. The van der Waals surface area contributed by atoms with Crippen molar-refractivity contribution < 1.29 is 14.3 Å². The fourth-order valence-corrected chi connectivity index (χ4v) is 7.69. The van der Waals surface area contributed by atoms with Crippen LogP contribution in [0.4, 0.5) is 4.79 Å². The average molecular weight is 725 g/mol. The first-order valence-electron chi connectivity index (χ1n) is 22.1. The minimum absolute atomic E-state index is 0.00451. The second-order valence-corrected chi connectivity index (χ2v) is 16.7. The van der Waals surface area contributed by atoms with Gasteiger partial charge in [0.15, 0.2) is 0 Å². The number of amides is 1. The lowest BCUT2D eigenvalue weighted by molar-refractivity contribution is -0.145. The summed E-state index contributed by atoms with van der Waals surface area (Å²) in [5.41, 5.74) is 0. The van der Waals surface area contributed by atoms with Gasteiger partial charge in [0.2, 0.25) is 0 Å². The molecule has 0 rings (SSSR count). The fraction of sp³-hybridized carbons (Fsp3) is 0.955. The molecule has 0 N–H and O–H groups in total. The Labute approximate surface area is 318 Å². The van der Waals surface area contributed by atoms with Crippen molar-refractivity contribution in [3.63, 3.8) is 0 Å². The SMILES string of the molecule is CCCCCCCCCCCCCCN(CCCCCCCC(=O)OCC(CCCCCCC)CCCCCCC)C(=O)SCC(C)N(C)C. The molecule has 5 nitrogen and oxygen atoms in total. The molecule has 0 spiro atoms. The molecule has 0 aliphatic heterocycles. The molecule has 298 valence electrons. The van der Waals surface area contributed by atoms with Gasteiger partial charge in [-0.05, 0) is 59.0 Å². The summed E-state index contributed by atoms with van der Waals surface area (Å²) >= 11 is 1.49. The third kappa shape index (κ3) is 33.1. The van der Waals surface area contributed by atoms with Gasteiger partial charge in [-0.1, -0.05) is 187 Å². The molecule has 0 saturated heterocycles. The predicted octanol–water partition coefficient (Wildman–Crippen LogP) is 14.0. The van der Waals surface area contributed by atoms with E-state index in [2.05, 4.69) is 51.6 Å². The minimum Gasteiger partial charge on any atom is -0.465 e. The van der Waals surface area contributed by atoms with E-state index < -0.39 is 0 Å². The minimum atomic E-state index is -0.00451. The van der Waals surface area contributed by atoms with Crippen LogP contribution in [0.2, 0.25) is 0 Å². The fourth-order valence-electron chi connectivity index (χ4n) is 6.64. The average Bonchev–Trinajstić information content (AvgIpc) is 3.11. The molecule has 6 heteroatoms. The van der Waals surface area contributed by atoms with Crippen LogP contribution in [0.1, 0.15) is 220 Å². The lowest BCUT2D eigenvalue weighted by atomic mass is 9.95. The third-order valence-corrected chi connectivity index (χ3v) is 11.7. The Morgan fingerprint density at radius 3 is 1.34 bits per heavy atom. The lowest BCUT2D eigenvalue weighted by Gasteiger charge is -2.24. The molecule has 1 unspecified atom stereocenters. The lowest BCUT2D eigenvalue weighted by Crippen LogP contribution is -2.32. The molecule has 0 aliphatic rings. The summed E-state index contributed by atoms with van der Waals surface area (Å²) in [6.45, 7) is 11.4. The zero-order valence-electron chi connectivity index (χ0n) is 34.7. The molecule has 1 amide bonds. The summed E-state index contributed by atoms with van der Waals surface area (Å²) in [6.07, 6.45) is 37.4. The largest absolute Gasteiger partial charge is 0.465 e. The quantitative estimate of drug-likeness (QED) is 0.0469. The van der Waals surface area contributed by atoms with Crippen molar-refractivity contribution in [1.82, 2.24) is 9.80 Å². The Morgan fingerprint density at radius 1 is 0.540 bits per heavy atom. The second-order valence-electron chi connectivity index (χ2n) is 15.7. The van der Waals surface area contributed by atoms with Gasteiger partial charge in [-0.15, -0.1) is 0 Å². The van der Waals surface area contributed by atoms with E-state index in [4.69, 9.17) is 4.74 Å². The zero-order valence-corrected chi connectivity index (χ0v) is 35.5. The van der Waals surface area contributed by atoms with Crippen molar-refractivity contribution in [3.05, 3.63) is 0 Å². The number of ether oxygens (including phenoxy) is 1. The molecule has 0 saturated carbocycles. The number of nitrogens with zero attached hydrogens (tertiary/aromatic N) is 2. The first-order chi connectivity index (χ1) is 24.3. The number of unbranched alkanes of at least 4 members (excludes halogenated alkanes) is 23. The van der Waals surface area contributed by atoms with E-state index in [0.29, 0.717) is 25.0 Å². The Bertz CT molecular complexity index is 720. The van der Waals surface area contributed by atoms with E-state index in [1.165, 1.54) is 159 Å². The van der Waals surface area contributed by atoms with Gasteiger partial charge in [0.25, 0.3) is 5.24 Å². The van der Waals surface area contributed by atoms with E-state index >= 15 is 0 Å². The highest BCUT2D eigenvalue weighted by molar-refractivity contribution is 8.13. The molecular weight excluding hydrogens is 637 g/mol. The molecule has 50 heavy (non-hydrogen) atoms. The number of hydrogen-bond acceptors (Lipinski definition) is 5. The van der Waals surface area contributed by atoms with Crippen LogP contribution in [-0.4, -0.2) is 66.6 Å². The first-order valence-corrected chi connectivity index (χ1v) is 23.1. The highest BCUT2D eigenvalue weighted by Crippen LogP contribution is 2.21. The van der Waals surface area contributed by atoms with E-state index in [1.54, 1.807) is 0 Å². The van der Waals surface area contributed by atoms with Crippen molar-refractivity contribution in [3.8, 4) is 0 Å². The van der Waals surface area contributed by atoms with Crippen molar-refractivity contribution in [2.45, 2.75) is 226 Å². The van der Waals surface area contributed by atoms with Gasteiger partial charge in [-0.25, -0.2) is 0 Å². The summed E-state index contributed by atoms with van der Waals surface area (Å²) in [5, 5.41) is 0.254. The monoisotopic (exact) mass is 725 g/mol. The van der Waals surface area contributed by atoms with Crippen molar-refractivity contribution >= 4 is 23.0 Å². The third-order valence-electron chi connectivity index (χ3n) is 10.6. The Hall–Kier alpha value is -0.750. The maximum Gasteiger partial charge on any atom is 0.305 e. The smallest absolute Gasteiger partial charge is 0.305 e. The highest BCUT2D eigenvalue weighted by atomic mass is 32.2. The van der Waals surface area contributed by atoms with Crippen LogP contribution in [-0.2, 0) is 9.53 Å². The number of hydrogen-bond donors (Lipinski definition) is 0. The Kier molecular flexibility index (Phi) is 37.4. The molecule has 0 aliphatic carbocycles. The Morgan fingerprint density at radius 2 is 0.920 bits per heavy atom. The van der Waals surface area contributed by atoms with Crippen LogP contribution in [0.5, 0.6) is 0 Å².